The molecule has 319 valence electrons. The van der Waals surface area contributed by atoms with Gasteiger partial charge in [-0.3, -0.25) is 15.0 Å². The number of nitrogens with zero attached hydrogens (tertiary/aromatic N) is 3. The zero-order valence-corrected chi connectivity index (χ0v) is 39.3. The predicted octanol–water partition coefficient (Wildman–Crippen LogP) is 14.8. The molecule has 0 amide bonds. The van der Waals surface area contributed by atoms with Crippen LogP contribution in [-0.4, -0.2) is 23.0 Å². The van der Waals surface area contributed by atoms with Crippen LogP contribution in [0.4, 0.5) is 8.78 Å². The Morgan fingerprint density at radius 1 is 0.556 bits per heavy atom. The minimum atomic E-state index is -1.22. The molecule has 0 atom stereocenters. The maximum absolute atomic E-state index is 14.3. The smallest absolute Gasteiger partial charge is 0.144 e. The van der Waals surface area contributed by atoms with Crippen molar-refractivity contribution in [3.05, 3.63) is 194 Å². The molecule has 0 aliphatic heterocycles. The van der Waals surface area contributed by atoms with Crippen molar-refractivity contribution < 1.29 is 33.3 Å². The molecule has 9 aromatic rings. The van der Waals surface area contributed by atoms with Gasteiger partial charge in [0.1, 0.15) is 22.8 Å². The maximum Gasteiger partial charge on any atom is 0.144 e. The van der Waals surface area contributed by atoms with E-state index in [9.17, 15) is 8.78 Å². The zero-order chi connectivity index (χ0) is 42.9. The molecular formula is C55H51F2IrN3OSi. The molecule has 4 aromatic heterocycles. The molecule has 4 nitrogen and oxygen atoms in total. The number of halogens is 2. The van der Waals surface area contributed by atoms with Crippen LogP contribution in [0.2, 0.25) is 19.6 Å². The van der Waals surface area contributed by atoms with Gasteiger partial charge in [0.25, 0.3) is 0 Å². The topological polar surface area (TPSA) is 51.8 Å². The molecule has 0 unspecified atom stereocenters. The van der Waals surface area contributed by atoms with Crippen molar-refractivity contribution in [1.29, 1.82) is 0 Å². The molecule has 1 aliphatic carbocycles. The molecule has 10 rings (SSSR count). The minimum absolute atomic E-state index is 0. The third-order valence-corrected chi connectivity index (χ3v) is 13.5. The molecule has 5 aromatic carbocycles. The van der Waals surface area contributed by atoms with E-state index in [1.54, 1.807) is 6.07 Å². The summed E-state index contributed by atoms with van der Waals surface area (Å²) in [5.74, 6) is -0.174. The van der Waals surface area contributed by atoms with Gasteiger partial charge in [-0.05, 0) is 95.4 Å². The van der Waals surface area contributed by atoms with Crippen molar-refractivity contribution in [2.45, 2.75) is 58.2 Å². The molecular weight excluding hydrogens is 977 g/mol. The first-order valence-electron chi connectivity index (χ1n) is 21.5. The Bertz CT molecular complexity index is 2820. The van der Waals surface area contributed by atoms with Crippen LogP contribution in [0.25, 0.3) is 66.8 Å². The number of fused-ring (bicyclic) bond motifs is 3. The molecule has 0 bridgehead atoms. The van der Waals surface area contributed by atoms with Crippen LogP contribution in [0, 0.1) is 17.6 Å². The number of furan rings is 1. The first kappa shape index (κ1) is 45.1. The Balaban J connectivity index is 0.000000169. The van der Waals surface area contributed by atoms with E-state index in [2.05, 4.69) is 83.1 Å². The number of benzene rings is 5. The van der Waals surface area contributed by atoms with Crippen molar-refractivity contribution in [2.75, 3.05) is 0 Å². The van der Waals surface area contributed by atoms with Gasteiger partial charge in [0, 0.05) is 71.7 Å². The zero-order valence-electron chi connectivity index (χ0n) is 35.9. The van der Waals surface area contributed by atoms with Crippen LogP contribution in [0.3, 0.4) is 0 Å². The second kappa shape index (κ2) is 21.0. The molecule has 0 saturated heterocycles. The fourth-order valence-corrected chi connectivity index (χ4v) is 9.15. The van der Waals surface area contributed by atoms with Crippen molar-refractivity contribution in [2.24, 2.45) is 5.92 Å². The summed E-state index contributed by atoms with van der Waals surface area (Å²) in [6.45, 7) is 7.02. The van der Waals surface area contributed by atoms with Crippen molar-refractivity contribution >= 4 is 35.2 Å². The van der Waals surface area contributed by atoms with Crippen LogP contribution < -0.4 is 5.19 Å². The van der Waals surface area contributed by atoms with Crippen LogP contribution in [0.15, 0.2) is 181 Å². The molecule has 0 N–H and O–H groups in total. The van der Waals surface area contributed by atoms with E-state index in [0.29, 0.717) is 11.1 Å². The monoisotopic (exact) mass is 1030 g/mol. The summed E-state index contributed by atoms with van der Waals surface area (Å²) in [6.07, 6.45) is 13.5. The summed E-state index contributed by atoms with van der Waals surface area (Å²) < 4.78 is 34.4. The Kier molecular flexibility index (Phi) is 15.0. The van der Waals surface area contributed by atoms with Crippen LogP contribution in [-0.2, 0) is 26.5 Å². The number of hydrogen-bond donors (Lipinski definition) is 0. The fourth-order valence-electron chi connectivity index (χ4n) is 8.12. The predicted molar refractivity (Wildman–Crippen MR) is 255 cm³/mol. The third kappa shape index (κ3) is 11.4. The fraction of sp³-hybridized carbons (Fsp3) is 0.182. The summed E-state index contributed by atoms with van der Waals surface area (Å²) in [5, 5.41) is 3.33. The van der Waals surface area contributed by atoms with Gasteiger partial charge in [-0.2, -0.15) is 0 Å². The number of rotatable bonds is 7. The SMILES string of the molecule is C[Si](C)(C)c1ccc(-c2ccccc2)nc1.Fc1ccc(F)c(-c2ccc3c(c2)oc2c(-c4cc(CC5CCCCC5)ccn4)cccc23)c1.[Ir].c1ccc(-c2ccccn2)cc1. The summed E-state index contributed by atoms with van der Waals surface area (Å²) in [4.78, 5) is 13.5. The molecule has 1 aliphatic rings. The Morgan fingerprint density at radius 2 is 1.25 bits per heavy atom. The van der Waals surface area contributed by atoms with E-state index in [-0.39, 0.29) is 25.7 Å². The van der Waals surface area contributed by atoms with Gasteiger partial charge >= 0.3 is 0 Å². The second-order valence-electron chi connectivity index (χ2n) is 17.0. The largest absolute Gasteiger partial charge is 0.455 e. The Labute approximate surface area is 383 Å². The van der Waals surface area contributed by atoms with Gasteiger partial charge in [0.15, 0.2) is 0 Å². The average molecular weight is 1030 g/mol. The molecule has 1 fully saturated rings. The second-order valence-corrected chi connectivity index (χ2v) is 22.1. The summed E-state index contributed by atoms with van der Waals surface area (Å²) in [6, 6.07) is 50.1. The molecule has 1 saturated carbocycles. The molecule has 8 heteroatoms. The van der Waals surface area contributed by atoms with Crippen LogP contribution in [0.1, 0.15) is 37.7 Å². The number of aromatic nitrogens is 3. The van der Waals surface area contributed by atoms with Gasteiger partial charge in [0.2, 0.25) is 0 Å². The third-order valence-electron chi connectivity index (χ3n) is 11.5. The van der Waals surface area contributed by atoms with E-state index >= 15 is 0 Å². The number of hydrogen-bond acceptors (Lipinski definition) is 4. The number of pyridine rings is 3. The van der Waals surface area contributed by atoms with Gasteiger partial charge in [-0.25, -0.2) is 8.78 Å². The number of para-hydroxylation sites is 1. The quantitative estimate of drug-likeness (QED) is 0.149. The van der Waals surface area contributed by atoms with Crippen LogP contribution in [0.5, 0.6) is 0 Å². The molecule has 1 radical (unpaired) electrons. The Hall–Kier alpha value is -5.92. The van der Waals surface area contributed by atoms with E-state index in [1.165, 1.54) is 54.5 Å². The molecule has 63 heavy (non-hydrogen) atoms. The van der Waals surface area contributed by atoms with Crippen molar-refractivity contribution in [3.8, 4) is 44.9 Å². The van der Waals surface area contributed by atoms with Gasteiger partial charge < -0.3 is 4.42 Å². The maximum atomic E-state index is 14.3. The summed E-state index contributed by atoms with van der Waals surface area (Å²) >= 11 is 0. The summed E-state index contributed by atoms with van der Waals surface area (Å²) in [5.41, 5.74) is 9.79. The van der Waals surface area contributed by atoms with E-state index in [4.69, 9.17) is 4.42 Å². The van der Waals surface area contributed by atoms with E-state index in [0.717, 1.165) is 69.0 Å². The van der Waals surface area contributed by atoms with E-state index in [1.807, 2.05) is 104 Å². The van der Waals surface area contributed by atoms with Crippen molar-refractivity contribution in [1.82, 2.24) is 15.0 Å². The van der Waals surface area contributed by atoms with Gasteiger partial charge in [0.05, 0.1) is 25.2 Å². The first-order valence-corrected chi connectivity index (χ1v) is 25.0. The van der Waals surface area contributed by atoms with Gasteiger partial charge in [-0.15, -0.1) is 0 Å². The Morgan fingerprint density at radius 3 is 1.92 bits per heavy atom. The van der Waals surface area contributed by atoms with Crippen LogP contribution >= 0.6 is 0 Å². The summed E-state index contributed by atoms with van der Waals surface area (Å²) in [7, 11) is -1.22. The van der Waals surface area contributed by atoms with Gasteiger partial charge in [-0.1, -0.05) is 143 Å². The molecule has 4 heterocycles. The van der Waals surface area contributed by atoms with Crippen molar-refractivity contribution in [3.63, 3.8) is 0 Å². The molecule has 0 spiro atoms. The van der Waals surface area contributed by atoms with E-state index < -0.39 is 19.7 Å². The standard InChI is InChI=1S/C30H25F2NO.C14H17NSi.C11H9N.Ir/c31-22-10-12-27(32)26(18-22)21-9-11-23-24-7-4-8-25(30(24)34-29(23)17-21)28-16-20(13-14-33-28)15-19-5-2-1-3-6-19;1-16(2,3)13-9-10-14(15-11-13)12-7-5-4-6-8-12;1-2-6-10(7-3-1)11-8-4-5-9-12-11;/h4,7-14,16-19H,1-3,5-6,15H2;4-11H,1-3H3;1-9H;. The first-order chi connectivity index (χ1) is 30.2. The average Bonchev–Trinajstić information content (AvgIpc) is 3.70. The minimum Gasteiger partial charge on any atom is -0.455 e. The normalized spacial score (nSPS) is 12.7.